The molecule has 1 atom stereocenters. The van der Waals surface area contributed by atoms with E-state index < -0.39 is 0 Å². The lowest BCUT2D eigenvalue weighted by Gasteiger charge is -2.31. The van der Waals surface area contributed by atoms with Crippen LogP contribution < -0.4 is 5.32 Å². The largest absolute Gasteiger partial charge is 0.359 e. The van der Waals surface area contributed by atoms with Crippen LogP contribution in [0.1, 0.15) is 18.7 Å². The Kier molecular flexibility index (Phi) is 5.27. The number of para-hydroxylation sites is 2. The van der Waals surface area contributed by atoms with Crippen molar-refractivity contribution in [3.8, 4) is 5.69 Å². The Labute approximate surface area is 167 Å². The van der Waals surface area contributed by atoms with Crippen LogP contribution in [0, 0.1) is 5.92 Å². The van der Waals surface area contributed by atoms with E-state index in [4.69, 9.17) is 4.98 Å². The van der Waals surface area contributed by atoms with E-state index in [0.29, 0.717) is 0 Å². The second kappa shape index (κ2) is 7.82. The van der Waals surface area contributed by atoms with Crippen LogP contribution in [0.2, 0.25) is 0 Å². The van der Waals surface area contributed by atoms with E-state index in [1.807, 2.05) is 24.3 Å². The average molecular weight is 427 g/mol. The number of fused-ring (bicyclic) bond motifs is 1. The molecule has 0 saturated carbocycles. The Morgan fingerprint density at radius 2 is 2.11 bits per heavy atom. The number of nitrogens with one attached hydrogen (secondary N) is 1. The molecule has 27 heavy (non-hydrogen) atoms. The summed E-state index contributed by atoms with van der Waals surface area (Å²) in [6, 6.07) is 16.5. The van der Waals surface area contributed by atoms with Crippen LogP contribution in [-0.2, 0) is 11.3 Å². The van der Waals surface area contributed by atoms with Crippen molar-refractivity contribution >= 4 is 32.9 Å². The van der Waals surface area contributed by atoms with Crippen LogP contribution in [0.4, 0.5) is 0 Å². The Morgan fingerprint density at radius 3 is 2.93 bits per heavy atom. The molecule has 1 fully saturated rings. The van der Waals surface area contributed by atoms with Gasteiger partial charge in [-0.2, -0.15) is 0 Å². The van der Waals surface area contributed by atoms with E-state index in [9.17, 15) is 4.79 Å². The monoisotopic (exact) mass is 426 g/mol. The summed E-state index contributed by atoms with van der Waals surface area (Å²) < 4.78 is 3.27. The maximum Gasteiger partial charge on any atom is 0.224 e. The number of piperidine rings is 1. The Morgan fingerprint density at radius 1 is 1.26 bits per heavy atom. The van der Waals surface area contributed by atoms with Gasteiger partial charge in [-0.1, -0.05) is 34.1 Å². The summed E-state index contributed by atoms with van der Waals surface area (Å²) in [5, 5.41) is 2.79. The molecule has 2 heterocycles. The number of rotatable bonds is 4. The van der Waals surface area contributed by atoms with Gasteiger partial charge in [-0.25, -0.2) is 4.98 Å². The molecule has 0 aliphatic carbocycles. The summed E-state index contributed by atoms with van der Waals surface area (Å²) in [7, 11) is 1.72. The fourth-order valence-electron chi connectivity index (χ4n) is 3.90. The van der Waals surface area contributed by atoms with Crippen LogP contribution in [0.15, 0.2) is 53.0 Å². The van der Waals surface area contributed by atoms with Gasteiger partial charge in [0.15, 0.2) is 0 Å². The minimum atomic E-state index is 0.0625. The van der Waals surface area contributed by atoms with Crippen LogP contribution in [-0.4, -0.2) is 40.5 Å². The number of carbonyl (C=O) groups excluding carboxylic acids is 1. The number of hydrogen-bond acceptors (Lipinski definition) is 3. The van der Waals surface area contributed by atoms with Gasteiger partial charge in [0.25, 0.3) is 0 Å². The molecule has 0 radical (unpaired) electrons. The van der Waals surface area contributed by atoms with E-state index >= 15 is 0 Å². The highest BCUT2D eigenvalue weighted by molar-refractivity contribution is 9.10. The zero-order chi connectivity index (χ0) is 18.8. The SMILES string of the molecule is CNC(=O)[C@@H]1CCCN(Cc2nc3ccccc3n2-c2cccc(Br)c2)C1. The first-order valence-corrected chi connectivity index (χ1v) is 10.1. The molecule has 1 N–H and O–H groups in total. The maximum absolute atomic E-state index is 12.1. The molecule has 1 amide bonds. The molecule has 0 bridgehead atoms. The molecule has 6 heteroatoms. The summed E-state index contributed by atoms with van der Waals surface area (Å²) >= 11 is 3.58. The number of amides is 1. The van der Waals surface area contributed by atoms with Gasteiger partial charge in [-0.05, 0) is 49.7 Å². The molecular formula is C21H23BrN4O. The Balaban J connectivity index is 1.69. The topological polar surface area (TPSA) is 50.2 Å². The fourth-order valence-corrected chi connectivity index (χ4v) is 4.29. The summed E-state index contributed by atoms with van der Waals surface area (Å²) in [6.45, 7) is 2.51. The highest BCUT2D eigenvalue weighted by atomic mass is 79.9. The first-order valence-electron chi connectivity index (χ1n) is 9.32. The lowest BCUT2D eigenvalue weighted by Crippen LogP contribution is -2.42. The van der Waals surface area contributed by atoms with E-state index in [1.54, 1.807) is 7.05 Å². The van der Waals surface area contributed by atoms with Crippen LogP contribution in [0.25, 0.3) is 16.7 Å². The highest BCUT2D eigenvalue weighted by Gasteiger charge is 2.26. The first kappa shape index (κ1) is 18.2. The lowest BCUT2D eigenvalue weighted by atomic mass is 9.97. The smallest absolute Gasteiger partial charge is 0.224 e. The molecule has 140 valence electrons. The standard InChI is InChI=1S/C21H23BrN4O/c1-23-21(27)15-6-5-11-25(13-15)14-20-24-18-9-2-3-10-19(18)26(20)17-8-4-7-16(22)12-17/h2-4,7-10,12,15H,5-6,11,13-14H2,1H3,(H,23,27)/t15-/m1/s1. The maximum atomic E-state index is 12.1. The number of benzene rings is 2. The van der Waals surface area contributed by atoms with Crippen molar-refractivity contribution in [2.45, 2.75) is 19.4 Å². The predicted molar refractivity (Wildman–Crippen MR) is 111 cm³/mol. The van der Waals surface area contributed by atoms with Gasteiger partial charge >= 0.3 is 0 Å². The molecule has 5 nitrogen and oxygen atoms in total. The van der Waals surface area contributed by atoms with Crippen LogP contribution in [0.5, 0.6) is 0 Å². The van der Waals surface area contributed by atoms with Crippen molar-refractivity contribution in [3.05, 3.63) is 58.8 Å². The molecule has 1 aliphatic heterocycles. The second-order valence-electron chi connectivity index (χ2n) is 7.02. The second-order valence-corrected chi connectivity index (χ2v) is 7.94. The first-order chi connectivity index (χ1) is 13.2. The normalized spacial score (nSPS) is 17.9. The molecule has 1 aromatic heterocycles. The summed E-state index contributed by atoms with van der Waals surface area (Å²) in [5.41, 5.74) is 3.19. The van der Waals surface area contributed by atoms with Gasteiger partial charge in [-0.15, -0.1) is 0 Å². The van der Waals surface area contributed by atoms with Gasteiger partial charge < -0.3 is 5.32 Å². The highest BCUT2D eigenvalue weighted by Crippen LogP contribution is 2.26. The molecule has 3 aromatic rings. The zero-order valence-corrected chi connectivity index (χ0v) is 16.9. The van der Waals surface area contributed by atoms with E-state index in [0.717, 1.165) is 59.5 Å². The lowest BCUT2D eigenvalue weighted by molar-refractivity contribution is -0.126. The Bertz CT molecular complexity index is 968. The van der Waals surface area contributed by atoms with Crippen molar-refractivity contribution in [3.63, 3.8) is 0 Å². The third kappa shape index (κ3) is 3.77. The number of aromatic nitrogens is 2. The quantitative estimate of drug-likeness (QED) is 0.690. The number of hydrogen-bond donors (Lipinski definition) is 1. The number of carbonyl (C=O) groups is 1. The van der Waals surface area contributed by atoms with E-state index in [2.05, 4.69) is 55.0 Å². The van der Waals surface area contributed by atoms with Crippen molar-refractivity contribution in [2.75, 3.05) is 20.1 Å². The summed E-state index contributed by atoms with van der Waals surface area (Å²) in [5.74, 6) is 1.21. The van der Waals surface area contributed by atoms with Crippen LogP contribution >= 0.6 is 15.9 Å². The van der Waals surface area contributed by atoms with Crippen molar-refractivity contribution in [1.82, 2.24) is 19.8 Å². The average Bonchev–Trinajstić information content (AvgIpc) is 3.05. The number of likely N-dealkylation sites (tertiary alicyclic amines) is 1. The van der Waals surface area contributed by atoms with Gasteiger partial charge in [0.2, 0.25) is 5.91 Å². The number of imidazole rings is 1. The third-order valence-electron chi connectivity index (χ3n) is 5.18. The zero-order valence-electron chi connectivity index (χ0n) is 15.4. The van der Waals surface area contributed by atoms with Crippen LogP contribution in [0.3, 0.4) is 0 Å². The minimum absolute atomic E-state index is 0.0625. The summed E-state index contributed by atoms with van der Waals surface area (Å²) in [6.07, 6.45) is 1.99. The fraction of sp³-hybridized carbons (Fsp3) is 0.333. The summed E-state index contributed by atoms with van der Waals surface area (Å²) in [4.78, 5) is 19.3. The molecule has 1 aliphatic rings. The third-order valence-corrected chi connectivity index (χ3v) is 5.68. The molecule has 4 rings (SSSR count). The minimum Gasteiger partial charge on any atom is -0.359 e. The van der Waals surface area contributed by atoms with Gasteiger partial charge in [-0.3, -0.25) is 14.3 Å². The number of halogens is 1. The van der Waals surface area contributed by atoms with Crippen molar-refractivity contribution < 1.29 is 4.79 Å². The Hall–Kier alpha value is -2.18. The molecule has 0 unspecified atom stereocenters. The van der Waals surface area contributed by atoms with Gasteiger partial charge in [0.1, 0.15) is 5.82 Å². The number of nitrogens with zero attached hydrogens (tertiary/aromatic N) is 3. The van der Waals surface area contributed by atoms with Crippen molar-refractivity contribution in [1.29, 1.82) is 0 Å². The van der Waals surface area contributed by atoms with Crippen molar-refractivity contribution in [2.24, 2.45) is 5.92 Å². The molecule has 2 aromatic carbocycles. The predicted octanol–water partition coefficient (Wildman–Crippen LogP) is 3.75. The van der Waals surface area contributed by atoms with Gasteiger partial charge in [0.05, 0.1) is 23.5 Å². The molecule has 1 saturated heterocycles. The van der Waals surface area contributed by atoms with E-state index in [1.165, 1.54) is 0 Å². The molecule has 0 spiro atoms. The van der Waals surface area contributed by atoms with Gasteiger partial charge in [0, 0.05) is 23.8 Å². The molecular weight excluding hydrogens is 404 g/mol. The van der Waals surface area contributed by atoms with E-state index in [-0.39, 0.29) is 11.8 Å².